The maximum Gasteiger partial charge on any atom is 0.219 e. The zero-order valence-corrected chi connectivity index (χ0v) is 11.4. The predicted octanol–water partition coefficient (Wildman–Crippen LogP) is 3.22. The van der Waals surface area contributed by atoms with Gasteiger partial charge in [-0.15, -0.1) is 0 Å². The van der Waals surface area contributed by atoms with Gasteiger partial charge in [-0.2, -0.15) is 0 Å². The van der Waals surface area contributed by atoms with E-state index in [0.717, 1.165) is 25.7 Å². The Hall–Kier alpha value is -0.860. The molecule has 0 aromatic rings. The van der Waals surface area contributed by atoms with Gasteiger partial charge in [-0.25, -0.2) is 0 Å². The molecule has 100 valence electrons. The molecular weight excluding hydrogens is 214 g/mol. The second kappa shape index (κ2) is 11.6. The van der Waals surface area contributed by atoms with E-state index in [9.17, 15) is 9.59 Å². The smallest absolute Gasteiger partial charge is 0.219 e. The molecule has 1 amide bonds. The van der Waals surface area contributed by atoms with Crippen LogP contribution >= 0.6 is 0 Å². The Morgan fingerprint density at radius 3 is 1.94 bits per heavy atom. The van der Waals surface area contributed by atoms with Gasteiger partial charge >= 0.3 is 0 Å². The van der Waals surface area contributed by atoms with Crippen LogP contribution in [0.5, 0.6) is 0 Å². The number of carbonyl (C=O) groups excluding carboxylic acids is 2. The molecule has 0 saturated carbocycles. The van der Waals surface area contributed by atoms with Gasteiger partial charge in [0.05, 0.1) is 0 Å². The normalized spacial score (nSPS) is 10.2. The van der Waals surface area contributed by atoms with Crippen molar-refractivity contribution < 1.29 is 9.59 Å². The van der Waals surface area contributed by atoms with E-state index >= 15 is 0 Å². The third kappa shape index (κ3) is 11.4. The number of ketones is 1. The topological polar surface area (TPSA) is 46.2 Å². The van der Waals surface area contributed by atoms with E-state index in [1.807, 2.05) is 0 Å². The van der Waals surface area contributed by atoms with Crippen LogP contribution in [0.3, 0.4) is 0 Å². The molecule has 0 rings (SSSR count). The summed E-state index contributed by atoms with van der Waals surface area (Å²) in [6.45, 7) is 2.19. The molecule has 3 nitrogen and oxygen atoms in total. The van der Waals surface area contributed by atoms with Gasteiger partial charge < -0.3 is 5.32 Å². The SMILES string of the molecule is CCCCCCCC(=O)CCCCC(=O)NC. The number of nitrogens with one attached hydrogen (secondary N) is 1. The van der Waals surface area contributed by atoms with Crippen molar-refractivity contribution in [3.8, 4) is 0 Å². The van der Waals surface area contributed by atoms with E-state index in [0.29, 0.717) is 18.6 Å². The van der Waals surface area contributed by atoms with Crippen LogP contribution in [0.2, 0.25) is 0 Å². The number of amides is 1. The van der Waals surface area contributed by atoms with E-state index < -0.39 is 0 Å². The fourth-order valence-electron chi connectivity index (χ4n) is 1.78. The Morgan fingerprint density at radius 2 is 1.35 bits per heavy atom. The third-order valence-electron chi connectivity index (χ3n) is 2.95. The summed E-state index contributed by atoms with van der Waals surface area (Å²) in [4.78, 5) is 22.4. The van der Waals surface area contributed by atoms with E-state index in [-0.39, 0.29) is 5.91 Å². The maximum atomic E-state index is 11.5. The van der Waals surface area contributed by atoms with Gasteiger partial charge in [-0.05, 0) is 19.3 Å². The number of hydrogen-bond acceptors (Lipinski definition) is 2. The van der Waals surface area contributed by atoms with E-state index in [2.05, 4.69) is 12.2 Å². The van der Waals surface area contributed by atoms with E-state index in [1.54, 1.807) is 7.05 Å². The van der Waals surface area contributed by atoms with Crippen molar-refractivity contribution in [1.82, 2.24) is 5.32 Å². The number of unbranched alkanes of at least 4 members (excludes halogenated alkanes) is 5. The molecule has 0 heterocycles. The molecule has 3 heteroatoms. The lowest BCUT2D eigenvalue weighted by Crippen LogP contribution is -2.17. The number of Topliss-reactive ketones (excluding diaryl/α,β-unsaturated/α-hetero) is 1. The highest BCUT2D eigenvalue weighted by molar-refractivity contribution is 5.78. The molecule has 0 aliphatic rings. The lowest BCUT2D eigenvalue weighted by atomic mass is 10.0. The molecule has 0 unspecified atom stereocenters. The van der Waals surface area contributed by atoms with Crippen LogP contribution in [0.1, 0.15) is 71.1 Å². The van der Waals surface area contributed by atoms with Crippen LogP contribution in [0, 0.1) is 0 Å². The Labute approximate surface area is 105 Å². The first-order valence-electron chi connectivity index (χ1n) is 6.93. The second-order valence-corrected chi connectivity index (χ2v) is 4.58. The molecule has 0 atom stereocenters. The average Bonchev–Trinajstić information content (AvgIpc) is 2.34. The van der Waals surface area contributed by atoms with Crippen molar-refractivity contribution in [2.24, 2.45) is 0 Å². The Morgan fingerprint density at radius 1 is 0.824 bits per heavy atom. The molecule has 0 radical (unpaired) electrons. The Balaban J connectivity index is 3.26. The first-order chi connectivity index (χ1) is 8.20. The highest BCUT2D eigenvalue weighted by Gasteiger charge is 2.03. The van der Waals surface area contributed by atoms with Gasteiger partial charge in [0, 0.05) is 26.3 Å². The summed E-state index contributed by atoms with van der Waals surface area (Å²) >= 11 is 0. The van der Waals surface area contributed by atoms with Crippen LogP contribution in [-0.2, 0) is 9.59 Å². The van der Waals surface area contributed by atoms with Gasteiger partial charge in [0.1, 0.15) is 5.78 Å². The second-order valence-electron chi connectivity index (χ2n) is 4.58. The first kappa shape index (κ1) is 16.1. The van der Waals surface area contributed by atoms with E-state index in [4.69, 9.17) is 0 Å². The van der Waals surface area contributed by atoms with Crippen LogP contribution in [0.15, 0.2) is 0 Å². The summed E-state index contributed by atoms with van der Waals surface area (Å²) in [7, 11) is 1.64. The van der Waals surface area contributed by atoms with Gasteiger partial charge in [0.15, 0.2) is 0 Å². The van der Waals surface area contributed by atoms with E-state index in [1.165, 1.54) is 25.7 Å². The van der Waals surface area contributed by atoms with Crippen molar-refractivity contribution >= 4 is 11.7 Å². The number of carbonyl (C=O) groups is 2. The summed E-state index contributed by atoms with van der Waals surface area (Å²) in [5, 5.41) is 2.58. The minimum atomic E-state index is 0.0667. The third-order valence-corrected chi connectivity index (χ3v) is 2.95. The monoisotopic (exact) mass is 241 g/mol. The summed E-state index contributed by atoms with van der Waals surface area (Å²) in [6, 6.07) is 0. The summed E-state index contributed by atoms with van der Waals surface area (Å²) in [5.74, 6) is 0.426. The van der Waals surface area contributed by atoms with Crippen LogP contribution in [0.4, 0.5) is 0 Å². The summed E-state index contributed by atoms with van der Waals surface area (Å²) in [6.07, 6.45) is 9.57. The average molecular weight is 241 g/mol. The van der Waals surface area contributed by atoms with Gasteiger partial charge in [-0.1, -0.05) is 32.6 Å². The number of rotatable bonds is 11. The highest BCUT2D eigenvalue weighted by atomic mass is 16.1. The fourth-order valence-corrected chi connectivity index (χ4v) is 1.78. The number of hydrogen-bond donors (Lipinski definition) is 1. The Bertz CT molecular complexity index is 214. The van der Waals surface area contributed by atoms with Crippen molar-refractivity contribution in [3.05, 3.63) is 0 Å². The molecular formula is C14H27NO2. The molecule has 0 aromatic carbocycles. The summed E-state index contributed by atoms with van der Waals surface area (Å²) in [5.41, 5.74) is 0. The van der Waals surface area contributed by atoms with Crippen LogP contribution in [0.25, 0.3) is 0 Å². The zero-order chi connectivity index (χ0) is 12.9. The Kier molecular flexibility index (Phi) is 11.0. The molecule has 17 heavy (non-hydrogen) atoms. The molecule has 0 bridgehead atoms. The quantitative estimate of drug-likeness (QED) is 0.564. The lowest BCUT2D eigenvalue weighted by Gasteiger charge is -2.01. The van der Waals surface area contributed by atoms with Gasteiger partial charge in [0.2, 0.25) is 5.91 Å². The largest absolute Gasteiger partial charge is 0.359 e. The van der Waals surface area contributed by atoms with Gasteiger partial charge in [-0.3, -0.25) is 9.59 Å². The first-order valence-corrected chi connectivity index (χ1v) is 6.93. The molecule has 0 spiro atoms. The van der Waals surface area contributed by atoms with Gasteiger partial charge in [0.25, 0.3) is 0 Å². The molecule has 0 saturated heterocycles. The molecule has 0 aliphatic heterocycles. The van der Waals surface area contributed by atoms with Crippen LogP contribution in [-0.4, -0.2) is 18.7 Å². The summed E-state index contributed by atoms with van der Waals surface area (Å²) < 4.78 is 0. The highest BCUT2D eigenvalue weighted by Crippen LogP contribution is 2.08. The zero-order valence-electron chi connectivity index (χ0n) is 11.4. The molecule has 0 aromatic heterocycles. The lowest BCUT2D eigenvalue weighted by molar-refractivity contribution is -0.121. The maximum absolute atomic E-state index is 11.5. The van der Waals surface area contributed by atoms with Crippen molar-refractivity contribution in [2.45, 2.75) is 71.1 Å². The fraction of sp³-hybridized carbons (Fsp3) is 0.857. The van der Waals surface area contributed by atoms with Crippen molar-refractivity contribution in [1.29, 1.82) is 0 Å². The molecule has 1 N–H and O–H groups in total. The molecule has 0 aliphatic carbocycles. The minimum Gasteiger partial charge on any atom is -0.359 e. The van der Waals surface area contributed by atoms with Crippen LogP contribution < -0.4 is 5.32 Å². The predicted molar refractivity (Wildman–Crippen MR) is 70.9 cm³/mol. The van der Waals surface area contributed by atoms with Crippen molar-refractivity contribution in [3.63, 3.8) is 0 Å². The molecule has 0 fully saturated rings. The standard InChI is InChI=1S/C14H27NO2/c1-3-4-5-6-7-10-13(16)11-8-9-12-14(17)15-2/h3-12H2,1-2H3,(H,15,17). The van der Waals surface area contributed by atoms with Crippen molar-refractivity contribution in [2.75, 3.05) is 7.05 Å². The minimum absolute atomic E-state index is 0.0667.